The summed E-state index contributed by atoms with van der Waals surface area (Å²) in [5.41, 5.74) is 0.972. The van der Waals surface area contributed by atoms with E-state index < -0.39 is 6.61 Å². The SMILES string of the molecule is N#Cc1ccc(Cl)cc1C(=O)N1CCC(C(=O)Nc2ccc(OC(F)F)cc2)CC1. The molecule has 0 spiro atoms. The molecule has 2 amide bonds. The van der Waals surface area contributed by atoms with Crippen LogP contribution in [0.1, 0.15) is 28.8 Å². The molecule has 1 heterocycles. The Bertz CT molecular complexity index is 968. The number of ether oxygens (including phenoxy) is 1. The number of amides is 2. The van der Waals surface area contributed by atoms with E-state index in [4.69, 9.17) is 11.6 Å². The molecule has 0 atom stereocenters. The first kappa shape index (κ1) is 21.5. The Morgan fingerprint density at radius 1 is 1.17 bits per heavy atom. The van der Waals surface area contributed by atoms with Gasteiger partial charge in [0.25, 0.3) is 5.91 Å². The van der Waals surface area contributed by atoms with Crippen LogP contribution in [0, 0.1) is 17.2 Å². The van der Waals surface area contributed by atoms with Crippen molar-refractivity contribution in [1.82, 2.24) is 4.90 Å². The number of rotatable bonds is 5. The van der Waals surface area contributed by atoms with E-state index >= 15 is 0 Å². The number of alkyl halides is 2. The molecule has 0 saturated carbocycles. The first-order chi connectivity index (χ1) is 14.4. The van der Waals surface area contributed by atoms with Crippen LogP contribution in [-0.2, 0) is 4.79 Å². The highest BCUT2D eigenvalue weighted by Crippen LogP contribution is 2.24. The molecule has 2 aromatic carbocycles. The zero-order valence-electron chi connectivity index (χ0n) is 15.8. The molecule has 6 nitrogen and oxygen atoms in total. The standard InChI is InChI=1S/C21H18ClF2N3O3/c22-15-2-1-14(12-25)18(11-15)20(29)27-9-7-13(8-10-27)19(28)26-16-3-5-17(6-4-16)30-21(23)24/h1-6,11,13,21H,7-10H2,(H,26,28). The van der Waals surface area contributed by atoms with E-state index in [-0.39, 0.29) is 34.6 Å². The van der Waals surface area contributed by atoms with Gasteiger partial charge in [0.05, 0.1) is 17.2 Å². The van der Waals surface area contributed by atoms with Crippen LogP contribution in [0.4, 0.5) is 14.5 Å². The predicted molar refractivity (Wildman–Crippen MR) is 106 cm³/mol. The van der Waals surface area contributed by atoms with Gasteiger partial charge in [-0.2, -0.15) is 14.0 Å². The zero-order valence-corrected chi connectivity index (χ0v) is 16.5. The minimum Gasteiger partial charge on any atom is -0.435 e. The second-order valence-corrected chi connectivity index (χ2v) is 7.20. The van der Waals surface area contributed by atoms with E-state index in [0.717, 1.165) is 0 Å². The van der Waals surface area contributed by atoms with E-state index in [0.29, 0.717) is 36.6 Å². The van der Waals surface area contributed by atoms with Crippen LogP contribution < -0.4 is 10.1 Å². The highest BCUT2D eigenvalue weighted by Gasteiger charge is 2.29. The molecule has 1 aliphatic heterocycles. The Balaban J connectivity index is 1.56. The summed E-state index contributed by atoms with van der Waals surface area (Å²) in [4.78, 5) is 26.9. The van der Waals surface area contributed by atoms with Gasteiger partial charge in [-0.1, -0.05) is 11.6 Å². The fraction of sp³-hybridized carbons (Fsp3) is 0.286. The second kappa shape index (κ2) is 9.55. The third-order valence-corrected chi connectivity index (χ3v) is 5.07. The predicted octanol–water partition coefficient (Wildman–Crippen LogP) is 4.30. The summed E-state index contributed by atoms with van der Waals surface area (Å²) in [5.74, 6) is -0.777. The molecule has 1 fully saturated rings. The van der Waals surface area contributed by atoms with Crippen molar-refractivity contribution in [2.24, 2.45) is 5.92 Å². The van der Waals surface area contributed by atoms with E-state index in [2.05, 4.69) is 10.1 Å². The van der Waals surface area contributed by atoms with Crippen molar-refractivity contribution in [3.63, 3.8) is 0 Å². The summed E-state index contributed by atoms with van der Waals surface area (Å²) in [6, 6.07) is 12.2. The molecular weight excluding hydrogens is 416 g/mol. The number of anilines is 1. The number of piperidine rings is 1. The lowest BCUT2D eigenvalue weighted by molar-refractivity contribution is -0.121. The third kappa shape index (κ3) is 5.24. The van der Waals surface area contributed by atoms with Gasteiger partial charge in [-0.15, -0.1) is 0 Å². The molecule has 0 radical (unpaired) electrons. The van der Waals surface area contributed by atoms with Crippen molar-refractivity contribution in [3.8, 4) is 11.8 Å². The average molecular weight is 434 g/mol. The molecule has 3 rings (SSSR count). The molecule has 30 heavy (non-hydrogen) atoms. The molecule has 0 aromatic heterocycles. The lowest BCUT2D eigenvalue weighted by Crippen LogP contribution is -2.41. The van der Waals surface area contributed by atoms with Gasteiger partial charge in [0, 0.05) is 29.7 Å². The molecule has 1 N–H and O–H groups in total. The number of halogens is 3. The summed E-state index contributed by atoms with van der Waals surface area (Å²) in [6.07, 6.45) is 0.930. The van der Waals surface area contributed by atoms with Gasteiger partial charge in [-0.05, 0) is 55.3 Å². The Morgan fingerprint density at radius 2 is 1.83 bits per heavy atom. The maximum atomic E-state index is 12.8. The number of hydrogen-bond donors (Lipinski definition) is 1. The van der Waals surface area contributed by atoms with Crippen molar-refractivity contribution in [3.05, 3.63) is 58.6 Å². The van der Waals surface area contributed by atoms with Gasteiger partial charge in [0.1, 0.15) is 5.75 Å². The van der Waals surface area contributed by atoms with Crippen LogP contribution in [0.3, 0.4) is 0 Å². The Hall–Kier alpha value is -3.18. The van der Waals surface area contributed by atoms with E-state index in [1.54, 1.807) is 11.0 Å². The zero-order chi connectivity index (χ0) is 21.7. The number of nitriles is 1. The maximum Gasteiger partial charge on any atom is 0.387 e. The first-order valence-corrected chi connectivity index (χ1v) is 9.60. The van der Waals surface area contributed by atoms with Crippen molar-refractivity contribution in [1.29, 1.82) is 5.26 Å². The Morgan fingerprint density at radius 3 is 2.43 bits per heavy atom. The lowest BCUT2D eigenvalue weighted by atomic mass is 9.95. The number of carbonyl (C=O) groups excluding carboxylic acids is 2. The van der Waals surface area contributed by atoms with Crippen molar-refractivity contribution in [2.75, 3.05) is 18.4 Å². The number of nitrogens with one attached hydrogen (secondary N) is 1. The van der Waals surface area contributed by atoms with Crippen molar-refractivity contribution >= 4 is 29.1 Å². The van der Waals surface area contributed by atoms with Crippen molar-refractivity contribution < 1.29 is 23.1 Å². The average Bonchev–Trinajstić information content (AvgIpc) is 2.74. The monoisotopic (exact) mass is 433 g/mol. The summed E-state index contributed by atoms with van der Waals surface area (Å²) < 4.78 is 28.7. The van der Waals surface area contributed by atoms with Crippen LogP contribution in [0.25, 0.3) is 0 Å². The molecule has 1 saturated heterocycles. The van der Waals surface area contributed by atoms with Gasteiger partial charge in [0.15, 0.2) is 0 Å². The summed E-state index contributed by atoms with van der Waals surface area (Å²) in [5, 5.41) is 12.3. The van der Waals surface area contributed by atoms with Crippen LogP contribution in [0.2, 0.25) is 5.02 Å². The highest BCUT2D eigenvalue weighted by molar-refractivity contribution is 6.31. The fourth-order valence-electron chi connectivity index (χ4n) is 3.27. The molecule has 2 aromatic rings. The van der Waals surface area contributed by atoms with Gasteiger partial charge in [0.2, 0.25) is 5.91 Å². The molecule has 9 heteroatoms. The number of likely N-dealkylation sites (tertiary alicyclic amines) is 1. The smallest absolute Gasteiger partial charge is 0.387 e. The Labute approximate surface area is 177 Å². The van der Waals surface area contributed by atoms with Crippen LogP contribution in [0.15, 0.2) is 42.5 Å². The second-order valence-electron chi connectivity index (χ2n) is 6.76. The minimum atomic E-state index is -2.91. The Kier molecular flexibility index (Phi) is 6.85. The van der Waals surface area contributed by atoms with E-state index in [1.807, 2.05) is 6.07 Å². The minimum absolute atomic E-state index is 0.00701. The van der Waals surface area contributed by atoms with Crippen molar-refractivity contribution in [2.45, 2.75) is 19.5 Å². The normalized spacial score (nSPS) is 14.3. The molecule has 0 unspecified atom stereocenters. The maximum absolute atomic E-state index is 12.8. The molecular formula is C21H18ClF2N3O3. The lowest BCUT2D eigenvalue weighted by Gasteiger charge is -2.31. The number of hydrogen-bond acceptors (Lipinski definition) is 4. The number of carbonyl (C=O) groups is 2. The van der Waals surface area contributed by atoms with Gasteiger partial charge in [-0.3, -0.25) is 9.59 Å². The van der Waals surface area contributed by atoms with E-state index in [9.17, 15) is 23.6 Å². The van der Waals surface area contributed by atoms with E-state index in [1.165, 1.54) is 36.4 Å². The summed E-state index contributed by atoms with van der Waals surface area (Å²) in [6.45, 7) is -2.17. The molecule has 0 aliphatic carbocycles. The van der Waals surface area contributed by atoms with Gasteiger partial charge in [-0.25, -0.2) is 0 Å². The topological polar surface area (TPSA) is 82.4 Å². The van der Waals surface area contributed by atoms with Crippen LogP contribution in [-0.4, -0.2) is 36.4 Å². The number of benzene rings is 2. The number of nitrogens with zero attached hydrogens (tertiary/aromatic N) is 2. The van der Waals surface area contributed by atoms with Gasteiger partial charge < -0.3 is 15.0 Å². The fourth-order valence-corrected chi connectivity index (χ4v) is 3.44. The van der Waals surface area contributed by atoms with Gasteiger partial charge >= 0.3 is 6.61 Å². The third-order valence-electron chi connectivity index (χ3n) is 4.83. The summed E-state index contributed by atoms with van der Waals surface area (Å²) >= 11 is 5.95. The quantitative estimate of drug-likeness (QED) is 0.762. The molecule has 1 aliphatic rings. The molecule has 0 bridgehead atoms. The highest BCUT2D eigenvalue weighted by atomic mass is 35.5. The molecule has 156 valence electrons. The largest absolute Gasteiger partial charge is 0.435 e. The van der Waals surface area contributed by atoms with Crippen LogP contribution >= 0.6 is 11.6 Å². The summed E-state index contributed by atoms with van der Waals surface area (Å²) in [7, 11) is 0. The first-order valence-electron chi connectivity index (χ1n) is 9.22. The van der Waals surface area contributed by atoms with Crippen LogP contribution in [0.5, 0.6) is 5.75 Å².